The molecule has 1 aliphatic rings. The van der Waals surface area contributed by atoms with Gasteiger partial charge in [0.25, 0.3) is 11.5 Å². The van der Waals surface area contributed by atoms with Crippen molar-refractivity contribution in [2.45, 2.75) is 53.8 Å². The molecule has 0 fully saturated rings. The topological polar surface area (TPSA) is 93.7 Å². The number of carbonyl (C=O) groups is 1. The molecule has 35 heavy (non-hydrogen) atoms. The Morgan fingerprint density at radius 1 is 1.06 bits per heavy atom. The van der Waals surface area contributed by atoms with E-state index < -0.39 is 0 Å². The minimum Gasteiger partial charge on any atom is -0.496 e. The van der Waals surface area contributed by atoms with Gasteiger partial charge in [0.15, 0.2) is 0 Å². The summed E-state index contributed by atoms with van der Waals surface area (Å²) in [5.74, 6) is 0.0676. The molecule has 1 aromatic carbocycles. The Labute approximate surface area is 205 Å². The third kappa shape index (κ3) is 5.00. The van der Waals surface area contributed by atoms with E-state index in [1.54, 1.807) is 23.4 Å². The number of pyridine rings is 1. The van der Waals surface area contributed by atoms with Crippen molar-refractivity contribution in [2.75, 3.05) is 27.2 Å². The number of methoxy groups -OCH3 is 1. The Balaban J connectivity index is 1.62. The molecule has 9 heteroatoms. The molecule has 0 aliphatic carbocycles. The summed E-state index contributed by atoms with van der Waals surface area (Å²) in [5.41, 5.74) is 7.33. The molecule has 2 aromatic heterocycles. The van der Waals surface area contributed by atoms with Crippen LogP contribution in [0.5, 0.6) is 5.75 Å². The number of rotatable bonds is 6. The number of carbonyl (C=O) groups excluding carboxylic acids is 1. The van der Waals surface area contributed by atoms with Crippen molar-refractivity contribution in [3.63, 3.8) is 0 Å². The van der Waals surface area contributed by atoms with Crippen LogP contribution in [0.3, 0.4) is 0 Å². The Hall–Kier alpha value is -3.46. The molecule has 186 valence electrons. The quantitative estimate of drug-likeness (QED) is 0.537. The molecule has 0 bridgehead atoms. The smallest absolute Gasteiger partial charge is 0.259 e. The van der Waals surface area contributed by atoms with Crippen LogP contribution < -0.4 is 10.3 Å². The van der Waals surface area contributed by atoms with E-state index in [-0.39, 0.29) is 18.0 Å². The minimum absolute atomic E-state index is 0.156. The van der Waals surface area contributed by atoms with Crippen molar-refractivity contribution in [3.05, 3.63) is 73.5 Å². The van der Waals surface area contributed by atoms with Crippen molar-refractivity contribution in [1.82, 2.24) is 24.7 Å². The van der Waals surface area contributed by atoms with Crippen LogP contribution in [-0.4, -0.2) is 57.8 Å². The molecular formula is C26H33N5O4. The number of nitrogens with zero attached hydrogens (tertiary/aromatic N) is 5. The number of aromatic nitrogens is 3. The number of ether oxygens (including phenoxy) is 1. The van der Waals surface area contributed by atoms with E-state index in [4.69, 9.17) is 9.37 Å². The second kappa shape index (κ2) is 10.0. The second-order valence-electron chi connectivity index (χ2n) is 9.37. The zero-order valence-corrected chi connectivity index (χ0v) is 21.3. The molecule has 0 radical (unpaired) electrons. The molecule has 0 unspecified atom stereocenters. The number of hydrogen-bond donors (Lipinski definition) is 0. The minimum atomic E-state index is -0.230. The van der Waals surface area contributed by atoms with Crippen LogP contribution in [0, 0.1) is 27.7 Å². The first-order valence-electron chi connectivity index (χ1n) is 11.8. The third-order valence-corrected chi connectivity index (χ3v) is 6.95. The largest absolute Gasteiger partial charge is 0.496 e. The third-order valence-electron chi connectivity index (χ3n) is 6.95. The van der Waals surface area contributed by atoms with Crippen molar-refractivity contribution in [1.29, 1.82) is 0 Å². The van der Waals surface area contributed by atoms with Gasteiger partial charge in [-0.05, 0) is 49.9 Å². The standard InChI is InChI=1S/C26H33N5O4/c1-16-11-18(3)20(12-17(16)2)14-30-8-7-22-25(23(34-6)13-24(32)31(22)10-9-30)26(33)29(5)15-21-19(4)27-35-28-21/h11-13H,7-10,14-15H2,1-6H3. The molecule has 0 saturated heterocycles. The lowest BCUT2D eigenvalue weighted by molar-refractivity contribution is 0.0776. The van der Waals surface area contributed by atoms with Crippen molar-refractivity contribution < 1.29 is 14.2 Å². The lowest BCUT2D eigenvalue weighted by atomic mass is 10.0. The molecule has 0 atom stereocenters. The summed E-state index contributed by atoms with van der Waals surface area (Å²) >= 11 is 0. The van der Waals surface area contributed by atoms with Crippen LogP contribution >= 0.6 is 0 Å². The molecule has 0 N–H and O–H groups in total. The van der Waals surface area contributed by atoms with E-state index in [0.717, 1.165) is 19.6 Å². The summed E-state index contributed by atoms with van der Waals surface area (Å²) in [7, 11) is 3.18. The first-order valence-corrected chi connectivity index (χ1v) is 11.8. The van der Waals surface area contributed by atoms with E-state index in [0.29, 0.717) is 41.4 Å². The molecule has 3 aromatic rings. The first-order chi connectivity index (χ1) is 16.7. The molecule has 4 rings (SSSR count). The highest BCUT2D eigenvalue weighted by atomic mass is 16.6. The van der Waals surface area contributed by atoms with Gasteiger partial charge in [0.1, 0.15) is 22.7 Å². The van der Waals surface area contributed by atoms with Gasteiger partial charge >= 0.3 is 0 Å². The van der Waals surface area contributed by atoms with Gasteiger partial charge in [0, 0.05) is 51.4 Å². The predicted octanol–water partition coefficient (Wildman–Crippen LogP) is 2.80. The first kappa shape index (κ1) is 24.7. The average molecular weight is 480 g/mol. The fourth-order valence-electron chi connectivity index (χ4n) is 4.65. The zero-order valence-electron chi connectivity index (χ0n) is 21.3. The average Bonchev–Trinajstić information content (AvgIpc) is 3.10. The highest BCUT2D eigenvalue weighted by Gasteiger charge is 2.28. The molecule has 3 heterocycles. The number of benzene rings is 1. The number of amides is 1. The lowest BCUT2D eigenvalue weighted by Gasteiger charge is -2.22. The summed E-state index contributed by atoms with van der Waals surface area (Å²) in [6.45, 7) is 11.2. The lowest BCUT2D eigenvalue weighted by Crippen LogP contribution is -2.32. The van der Waals surface area contributed by atoms with Gasteiger partial charge < -0.3 is 14.2 Å². The highest BCUT2D eigenvalue weighted by molar-refractivity contribution is 5.98. The Morgan fingerprint density at radius 3 is 2.49 bits per heavy atom. The van der Waals surface area contributed by atoms with Crippen LogP contribution in [0.4, 0.5) is 0 Å². The van der Waals surface area contributed by atoms with Crippen LogP contribution in [-0.2, 0) is 26.1 Å². The van der Waals surface area contributed by atoms with E-state index in [1.807, 2.05) is 0 Å². The summed E-state index contributed by atoms with van der Waals surface area (Å²) in [5, 5.41) is 7.68. The van der Waals surface area contributed by atoms with Gasteiger partial charge in [-0.25, -0.2) is 4.63 Å². The van der Waals surface area contributed by atoms with Crippen LogP contribution in [0.15, 0.2) is 27.6 Å². The maximum atomic E-state index is 13.6. The number of fused-ring (bicyclic) bond motifs is 1. The monoisotopic (exact) mass is 479 g/mol. The number of aryl methyl sites for hydroxylation is 4. The van der Waals surface area contributed by atoms with Crippen LogP contribution in [0.25, 0.3) is 0 Å². The SMILES string of the molecule is COc1cc(=O)n2c(c1C(=O)N(C)Cc1nonc1C)CCN(Cc1cc(C)c(C)cc1C)CC2. The molecule has 0 spiro atoms. The van der Waals surface area contributed by atoms with Crippen molar-refractivity contribution >= 4 is 5.91 Å². The van der Waals surface area contributed by atoms with Gasteiger partial charge in [0.2, 0.25) is 0 Å². The molecule has 0 saturated carbocycles. The second-order valence-corrected chi connectivity index (χ2v) is 9.37. The van der Waals surface area contributed by atoms with Gasteiger partial charge in [-0.2, -0.15) is 0 Å². The fourth-order valence-corrected chi connectivity index (χ4v) is 4.65. The summed E-state index contributed by atoms with van der Waals surface area (Å²) in [6, 6.07) is 5.89. The zero-order chi connectivity index (χ0) is 25.3. The molecule has 1 aliphatic heterocycles. The van der Waals surface area contributed by atoms with Gasteiger partial charge in [-0.1, -0.05) is 22.4 Å². The van der Waals surface area contributed by atoms with Crippen molar-refractivity contribution in [3.8, 4) is 5.75 Å². The van der Waals surface area contributed by atoms with E-state index in [1.165, 1.54) is 35.4 Å². The van der Waals surface area contributed by atoms with Crippen molar-refractivity contribution in [2.24, 2.45) is 0 Å². The summed E-state index contributed by atoms with van der Waals surface area (Å²) in [4.78, 5) is 30.4. The Kier molecular flexibility index (Phi) is 7.07. The highest BCUT2D eigenvalue weighted by Crippen LogP contribution is 2.26. The maximum absolute atomic E-state index is 13.6. The van der Waals surface area contributed by atoms with Gasteiger partial charge in [-0.3, -0.25) is 14.5 Å². The molecule has 9 nitrogen and oxygen atoms in total. The van der Waals surface area contributed by atoms with Gasteiger partial charge in [0.05, 0.1) is 13.7 Å². The molecule has 1 amide bonds. The normalized spacial score (nSPS) is 13.9. The van der Waals surface area contributed by atoms with E-state index >= 15 is 0 Å². The van der Waals surface area contributed by atoms with E-state index in [2.05, 4.69) is 48.1 Å². The van der Waals surface area contributed by atoms with Gasteiger partial charge in [-0.15, -0.1) is 0 Å². The Bertz CT molecular complexity index is 1310. The molecular weight excluding hydrogens is 446 g/mol. The summed E-state index contributed by atoms with van der Waals surface area (Å²) in [6.07, 6.45) is 0.565. The van der Waals surface area contributed by atoms with Crippen LogP contribution in [0.1, 0.15) is 49.7 Å². The fraction of sp³-hybridized carbons (Fsp3) is 0.462. The predicted molar refractivity (Wildman–Crippen MR) is 132 cm³/mol. The Morgan fingerprint density at radius 2 is 1.80 bits per heavy atom. The van der Waals surface area contributed by atoms with Crippen LogP contribution in [0.2, 0.25) is 0 Å². The number of hydrogen-bond acceptors (Lipinski definition) is 7. The summed E-state index contributed by atoms with van der Waals surface area (Å²) < 4.78 is 12.0. The van der Waals surface area contributed by atoms with E-state index in [9.17, 15) is 9.59 Å². The maximum Gasteiger partial charge on any atom is 0.259 e.